The van der Waals surface area contributed by atoms with Crippen LogP contribution in [0.2, 0.25) is 0 Å². The molecule has 2 heterocycles. The topological polar surface area (TPSA) is 106 Å². The van der Waals surface area contributed by atoms with E-state index in [1.165, 1.54) is 10.5 Å². The number of fused-ring (bicyclic) bond motifs is 1. The molecular formula is C22H20N4O4. The second-order valence-electron chi connectivity index (χ2n) is 6.25. The molecule has 0 aliphatic rings. The Labute approximate surface area is 173 Å². The van der Waals surface area contributed by atoms with Crippen molar-refractivity contribution < 1.29 is 14.3 Å². The number of benzene rings is 1. The van der Waals surface area contributed by atoms with E-state index in [1.807, 2.05) is 12.1 Å². The second kappa shape index (κ2) is 10.0. The average Bonchev–Trinajstić information content (AvgIpc) is 2.77. The Bertz CT molecular complexity index is 1160. The first-order valence-corrected chi connectivity index (χ1v) is 9.27. The number of carbonyl (C=O) groups is 1. The summed E-state index contributed by atoms with van der Waals surface area (Å²) in [5, 5.41) is 12.1. The van der Waals surface area contributed by atoms with E-state index in [0.717, 1.165) is 0 Å². The van der Waals surface area contributed by atoms with Gasteiger partial charge < -0.3 is 14.8 Å². The number of ether oxygens (including phenoxy) is 2. The number of carbonyl (C=O) groups excluding carboxylic acids is 1. The molecule has 2 aromatic heterocycles. The number of aromatic nitrogens is 2. The summed E-state index contributed by atoms with van der Waals surface area (Å²) in [4.78, 5) is 29.8. The summed E-state index contributed by atoms with van der Waals surface area (Å²) >= 11 is 0. The lowest BCUT2D eigenvalue weighted by Crippen LogP contribution is -2.27. The number of nitrogens with one attached hydrogen (secondary N) is 1. The van der Waals surface area contributed by atoms with Gasteiger partial charge in [-0.3, -0.25) is 14.0 Å². The second-order valence-corrected chi connectivity index (χ2v) is 6.25. The van der Waals surface area contributed by atoms with Crippen molar-refractivity contribution in [3.63, 3.8) is 0 Å². The van der Waals surface area contributed by atoms with Crippen LogP contribution in [0.3, 0.4) is 0 Å². The van der Waals surface area contributed by atoms with E-state index in [0.29, 0.717) is 31.0 Å². The zero-order valence-electron chi connectivity index (χ0n) is 16.4. The predicted octanol–water partition coefficient (Wildman–Crippen LogP) is 2.55. The molecular weight excluding hydrogens is 384 g/mol. The van der Waals surface area contributed by atoms with Gasteiger partial charge in [-0.05, 0) is 36.8 Å². The van der Waals surface area contributed by atoms with E-state index in [1.54, 1.807) is 55.8 Å². The van der Waals surface area contributed by atoms with Crippen LogP contribution in [0.4, 0.5) is 0 Å². The number of pyridine rings is 1. The number of para-hydroxylation sites is 1. The molecule has 30 heavy (non-hydrogen) atoms. The van der Waals surface area contributed by atoms with Crippen LogP contribution in [0, 0.1) is 11.3 Å². The number of methoxy groups -OCH3 is 1. The molecule has 0 atom stereocenters. The zero-order valence-corrected chi connectivity index (χ0v) is 16.4. The van der Waals surface area contributed by atoms with Gasteiger partial charge in [0.05, 0.1) is 0 Å². The Morgan fingerprint density at radius 2 is 2.00 bits per heavy atom. The largest absolute Gasteiger partial charge is 0.438 e. The monoisotopic (exact) mass is 404 g/mol. The number of hydrogen-bond donors (Lipinski definition) is 1. The highest BCUT2D eigenvalue weighted by molar-refractivity contribution is 6.01. The molecule has 8 nitrogen and oxygen atoms in total. The van der Waals surface area contributed by atoms with Gasteiger partial charge in [-0.1, -0.05) is 24.3 Å². The van der Waals surface area contributed by atoms with Crippen molar-refractivity contribution in [2.75, 3.05) is 20.3 Å². The van der Waals surface area contributed by atoms with Crippen LogP contribution in [0.15, 0.2) is 65.1 Å². The normalized spacial score (nSPS) is 11.1. The Kier molecular flexibility index (Phi) is 6.92. The highest BCUT2D eigenvalue weighted by Gasteiger charge is 2.17. The van der Waals surface area contributed by atoms with E-state index in [9.17, 15) is 14.9 Å². The molecule has 0 spiro atoms. The van der Waals surface area contributed by atoms with Crippen LogP contribution in [0.25, 0.3) is 11.7 Å². The van der Waals surface area contributed by atoms with Gasteiger partial charge in [0.25, 0.3) is 11.5 Å². The third kappa shape index (κ3) is 4.90. The van der Waals surface area contributed by atoms with Crippen LogP contribution in [0.1, 0.15) is 12.0 Å². The number of amides is 1. The summed E-state index contributed by atoms with van der Waals surface area (Å²) in [6.45, 7) is 0.824. The third-order valence-electron chi connectivity index (χ3n) is 4.16. The summed E-state index contributed by atoms with van der Waals surface area (Å²) in [5.74, 6) is -0.101. The smallest absolute Gasteiger partial charge is 0.269 e. The van der Waals surface area contributed by atoms with E-state index in [-0.39, 0.29) is 17.0 Å². The minimum Gasteiger partial charge on any atom is -0.438 e. The quantitative estimate of drug-likeness (QED) is 0.351. The standard InChI is InChI=1S/C22H20N4O4/c1-29-13-7-11-24-20(27)16(15-23)14-18-21(30-17-8-3-2-4-9-17)25-19-10-5-6-12-26(19)22(18)28/h2-6,8-10,12,14H,7,11,13H2,1H3,(H,24,27). The molecule has 1 amide bonds. The van der Waals surface area contributed by atoms with Gasteiger partial charge in [-0.2, -0.15) is 10.2 Å². The van der Waals surface area contributed by atoms with Crippen LogP contribution in [-0.2, 0) is 9.53 Å². The maximum Gasteiger partial charge on any atom is 0.269 e. The van der Waals surface area contributed by atoms with Gasteiger partial charge in [-0.15, -0.1) is 0 Å². The third-order valence-corrected chi connectivity index (χ3v) is 4.16. The number of nitriles is 1. The van der Waals surface area contributed by atoms with Crippen molar-refractivity contribution in [1.29, 1.82) is 5.26 Å². The van der Waals surface area contributed by atoms with Crippen LogP contribution < -0.4 is 15.6 Å². The van der Waals surface area contributed by atoms with Crippen LogP contribution in [0.5, 0.6) is 11.6 Å². The highest BCUT2D eigenvalue weighted by atomic mass is 16.5. The molecule has 0 saturated carbocycles. The minimum absolute atomic E-state index is 0.00569. The molecule has 3 rings (SSSR count). The zero-order chi connectivity index (χ0) is 21.3. The van der Waals surface area contributed by atoms with E-state index < -0.39 is 11.5 Å². The molecule has 0 aliphatic heterocycles. The molecule has 0 saturated heterocycles. The summed E-state index contributed by atoms with van der Waals surface area (Å²) in [5.41, 5.74) is -0.286. The molecule has 0 aliphatic carbocycles. The lowest BCUT2D eigenvalue weighted by atomic mass is 10.1. The molecule has 8 heteroatoms. The van der Waals surface area contributed by atoms with Crippen molar-refractivity contribution in [3.05, 3.63) is 76.2 Å². The summed E-state index contributed by atoms with van der Waals surface area (Å²) in [6.07, 6.45) is 3.37. The van der Waals surface area contributed by atoms with E-state index >= 15 is 0 Å². The van der Waals surface area contributed by atoms with Gasteiger partial charge in [0.15, 0.2) is 0 Å². The Balaban J connectivity index is 2.03. The molecule has 1 N–H and O–H groups in total. The molecule has 1 aromatic carbocycles. The van der Waals surface area contributed by atoms with Crippen molar-refractivity contribution >= 4 is 17.6 Å². The van der Waals surface area contributed by atoms with Crippen molar-refractivity contribution in [1.82, 2.24) is 14.7 Å². The fraction of sp³-hybridized carbons (Fsp3) is 0.182. The number of nitrogens with zero attached hydrogens (tertiary/aromatic N) is 3. The lowest BCUT2D eigenvalue weighted by molar-refractivity contribution is -0.117. The maximum atomic E-state index is 13.1. The Hall–Kier alpha value is -3.96. The first-order chi connectivity index (χ1) is 14.6. The van der Waals surface area contributed by atoms with Crippen LogP contribution in [-0.4, -0.2) is 35.6 Å². The number of rotatable bonds is 8. The molecule has 3 aromatic rings. The van der Waals surface area contributed by atoms with Gasteiger partial charge >= 0.3 is 0 Å². The molecule has 0 unspecified atom stereocenters. The molecule has 0 bridgehead atoms. The van der Waals surface area contributed by atoms with Crippen molar-refractivity contribution in [2.45, 2.75) is 6.42 Å². The SMILES string of the molecule is COCCCNC(=O)C(C#N)=Cc1c(Oc2ccccc2)nc2ccccn2c1=O. The first-order valence-electron chi connectivity index (χ1n) is 9.27. The highest BCUT2D eigenvalue weighted by Crippen LogP contribution is 2.23. The Morgan fingerprint density at radius 3 is 2.73 bits per heavy atom. The van der Waals surface area contributed by atoms with Gasteiger partial charge in [0.1, 0.15) is 28.6 Å². The maximum absolute atomic E-state index is 13.1. The summed E-state index contributed by atoms with van der Waals surface area (Å²) in [6, 6.07) is 15.8. The fourth-order valence-corrected chi connectivity index (χ4v) is 2.69. The van der Waals surface area contributed by atoms with E-state index in [4.69, 9.17) is 9.47 Å². The average molecular weight is 404 g/mol. The fourth-order valence-electron chi connectivity index (χ4n) is 2.69. The van der Waals surface area contributed by atoms with Gasteiger partial charge in [-0.25, -0.2) is 0 Å². The predicted molar refractivity (Wildman–Crippen MR) is 111 cm³/mol. The summed E-state index contributed by atoms with van der Waals surface area (Å²) in [7, 11) is 1.57. The minimum atomic E-state index is -0.586. The van der Waals surface area contributed by atoms with Crippen molar-refractivity contribution in [2.24, 2.45) is 0 Å². The van der Waals surface area contributed by atoms with Gasteiger partial charge in [0, 0.05) is 26.5 Å². The lowest BCUT2D eigenvalue weighted by Gasteiger charge is -2.10. The molecule has 152 valence electrons. The van der Waals surface area contributed by atoms with Crippen LogP contribution >= 0.6 is 0 Å². The Morgan fingerprint density at radius 1 is 1.23 bits per heavy atom. The number of hydrogen-bond acceptors (Lipinski definition) is 6. The summed E-state index contributed by atoms with van der Waals surface area (Å²) < 4.78 is 12.1. The van der Waals surface area contributed by atoms with Crippen molar-refractivity contribution in [3.8, 4) is 17.7 Å². The van der Waals surface area contributed by atoms with E-state index in [2.05, 4.69) is 10.3 Å². The van der Waals surface area contributed by atoms with Gasteiger partial charge in [0.2, 0.25) is 5.88 Å². The first kappa shape index (κ1) is 20.8. The molecule has 0 fully saturated rings. The molecule has 0 radical (unpaired) electrons.